The third-order valence-electron chi connectivity index (χ3n) is 3.44. The maximum atomic E-state index is 12.1. The van der Waals surface area contributed by atoms with Crippen LogP contribution in [0.1, 0.15) is 39.1 Å². The first-order valence-corrected chi connectivity index (χ1v) is 7.83. The molecular weight excluding hydrogens is 284 g/mol. The Labute approximate surface area is 127 Å². The summed E-state index contributed by atoms with van der Waals surface area (Å²) in [6.07, 6.45) is 2.11. The van der Waals surface area contributed by atoms with E-state index < -0.39 is 0 Å². The Balaban J connectivity index is 1.77. The Hall–Kier alpha value is -2.14. The van der Waals surface area contributed by atoms with Gasteiger partial charge in [-0.15, -0.1) is 0 Å². The molecule has 0 radical (unpaired) electrons. The van der Waals surface area contributed by atoms with Gasteiger partial charge in [0.1, 0.15) is 0 Å². The molecule has 5 heteroatoms. The molecule has 2 N–H and O–H groups in total. The van der Waals surface area contributed by atoms with Crippen LogP contribution in [0.2, 0.25) is 0 Å². The highest BCUT2D eigenvalue weighted by atomic mass is 32.1. The van der Waals surface area contributed by atoms with Crippen LogP contribution >= 0.6 is 11.3 Å². The molecule has 1 heterocycles. The summed E-state index contributed by atoms with van der Waals surface area (Å²) >= 11 is 1.48. The van der Waals surface area contributed by atoms with Crippen LogP contribution < -0.4 is 10.6 Å². The smallest absolute Gasteiger partial charge is 0.256 e. The van der Waals surface area contributed by atoms with Crippen molar-refractivity contribution in [1.29, 1.82) is 0 Å². The Morgan fingerprint density at radius 2 is 1.95 bits per heavy atom. The van der Waals surface area contributed by atoms with Gasteiger partial charge in [0.25, 0.3) is 11.8 Å². The molecule has 2 amide bonds. The summed E-state index contributed by atoms with van der Waals surface area (Å²) in [6.45, 7) is 1.91. The minimum atomic E-state index is -0.154. The van der Waals surface area contributed by atoms with Crippen molar-refractivity contribution in [2.24, 2.45) is 0 Å². The largest absolute Gasteiger partial charge is 0.349 e. The Bertz CT molecular complexity index is 676. The second-order valence-electron chi connectivity index (χ2n) is 5.24. The number of amides is 2. The van der Waals surface area contributed by atoms with Crippen LogP contribution in [0.25, 0.3) is 0 Å². The molecule has 3 rings (SSSR count). The number of nitrogens with one attached hydrogen (secondary N) is 2. The monoisotopic (exact) mass is 300 g/mol. The number of anilines is 1. The highest BCUT2D eigenvalue weighted by molar-refractivity contribution is 7.08. The predicted molar refractivity (Wildman–Crippen MR) is 83.9 cm³/mol. The molecule has 21 heavy (non-hydrogen) atoms. The number of aryl methyl sites for hydroxylation is 1. The molecule has 0 bridgehead atoms. The first-order chi connectivity index (χ1) is 10.1. The number of carbonyl (C=O) groups excluding carboxylic acids is 2. The van der Waals surface area contributed by atoms with Crippen LogP contribution in [0.3, 0.4) is 0 Å². The fourth-order valence-electron chi connectivity index (χ4n) is 1.98. The molecule has 1 aliphatic rings. The van der Waals surface area contributed by atoms with Gasteiger partial charge in [0.05, 0.1) is 5.56 Å². The Kier molecular flexibility index (Phi) is 3.75. The molecule has 1 saturated carbocycles. The van der Waals surface area contributed by atoms with Crippen molar-refractivity contribution in [3.63, 3.8) is 0 Å². The molecule has 0 unspecified atom stereocenters. The number of benzene rings is 1. The van der Waals surface area contributed by atoms with Gasteiger partial charge >= 0.3 is 0 Å². The standard InChI is InChI=1S/C16H16N2O2S/c1-10-2-3-11(15(19)17-13-4-5-13)8-14(10)18-16(20)12-6-7-21-9-12/h2-3,6-9,13H,4-5H2,1H3,(H,17,19)(H,18,20). The lowest BCUT2D eigenvalue weighted by molar-refractivity contribution is 0.0949. The number of rotatable bonds is 4. The van der Waals surface area contributed by atoms with Gasteiger partial charge in [0.2, 0.25) is 0 Å². The first-order valence-electron chi connectivity index (χ1n) is 6.88. The van der Waals surface area contributed by atoms with E-state index in [1.54, 1.807) is 23.6 Å². The van der Waals surface area contributed by atoms with Crippen LogP contribution in [0.4, 0.5) is 5.69 Å². The summed E-state index contributed by atoms with van der Waals surface area (Å²) in [6, 6.07) is 7.47. The highest BCUT2D eigenvalue weighted by Crippen LogP contribution is 2.22. The van der Waals surface area contributed by atoms with E-state index in [1.807, 2.05) is 18.4 Å². The van der Waals surface area contributed by atoms with Crippen molar-refractivity contribution in [3.8, 4) is 0 Å². The van der Waals surface area contributed by atoms with Crippen molar-refractivity contribution in [2.75, 3.05) is 5.32 Å². The zero-order valence-corrected chi connectivity index (χ0v) is 12.5. The van der Waals surface area contributed by atoms with Crippen LogP contribution in [-0.2, 0) is 0 Å². The van der Waals surface area contributed by atoms with Crippen LogP contribution in [0.5, 0.6) is 0 Å². The zero-order valence-electron chi connectivity index (χ0n) is 11.7. The van der Waals surface area contributed by atoms with Gasteiger partial charge in [-0.1, -0.05) is 6.07 Å². The van der Waals surface area contributed by atoms with Crippen LogP contribution in [0.15, 0.2) is 35.0 Å². The van der Waals surface area contributed by atoms with Crippen molar-refractivity contribution >= 4 is 28.8 Å². The number of hydrogen-bond donors (Lipinski definition) is 2. The maximum Gasteiger partial charge on any atom is 0.256 e. The van der Waals surface area contributed by atoms with Crippen molar-refractivity contribution in [3.05, 3.63) is 51.7 Å². The number of hydrogen-bond acceptors (Lipinski definition) is 3. The molecule has 1 aromatic heterocycles. The van der Waals surface area contributed by atoms with Gasteiger partial charge in [-0.3, -0.25) is 9.59 Å². The van der Waals surface area contributed by atoms with Crippen molar-refractivity contribution < 1.29 is 9.59 Å². The zero-order chi connectivity index (χ0) is 14.8. The molecule has 108 valence electrons. The highest BCUT2D eigenvalue weighted by Gasteiger charge is 2.24. The van der Waals surface area contributed by atoms with E-state index in [1.165, 1.54) is 11.3 Å². The van der Waals surface area contributed by atoms with Gasteiger partial charge in [-0.25, -0.2) is 0 Å². The molecule has 0 saturated heterocycles. The first kappa shape index (κ1) is 13.8. The van der Waals surface area contributed by atoms with Gasteiger partial charge in [-0.05, 0) is 48.9 Å². The van der Waals surface area contributed by atoms with Gasteiger partial charge in [-0.2, -0.15) is 11.3 Å². The fraction of sp³-hybridized carbons (Fsp3) is 0.250. The number of thiophene rings is 1. The van der Waals surface area contributed by atoms with Crippen molar-refractivity contribution in [2.45, 2.75) is 25.8 Å². The van der Waals surface area contributed by atoms with E-state index >= 15 is 0 Å². The SMILES string of the molecule is Cc1ccc(C(=O)NC2CC2)cc1NC(=O)c1ccsc1. The van der Waals surface area contributed by atoms with E-state index in [0.29, 0.717) is 22.9 Å². The summed E-state index contributed by atoms with van der Waals surface area (Å²) in [5.74, 6) is -0.234. The van der Waals surface area contributed by atoms with Crippen molar-refractivity contribution in [1.82, 2.24) is 5.32 Å². The molecule has 1 fully saturated rings. The molecule has 0 spiro atoms. The third kappa shape index (κ3) is 3.31. The Morgan fingerprint density at radius 1 is 1.14 bits per heavy atom. The van der Waals surface area contributed by atoms with Crippen LogP contribution in [-0.4, -0.2) is 17.9 Å². The van der Waals surface area contributed by atoms with Crippen LogP contribution in [0, 0.1) is 6.92 Å². The molecular formula is C16H16N2O2S. The number of carbonyl (C=O) groups is 2. The maximum absolute atomic E-state index is 12.1. The lowest BCUT2D eigenvalue weighted by atomic mass is 10.1. The van der Waals surface area contributed by atoms with E-state index in [9.17, 15) is 9.59 Å². The van der Waals surface area contributed by atoms with Gasteiger partial charge in [0.15, 0.2) is 0 Å². The molecule has 0 aliphatic heterocycles. The lowest BCUT2D eigenvalue weighted by Crippen LogP contribution is -2.25. The van der Waals surface area contributed by atoms with E-state index in [2.05, 4.69) is 10.6 Å². The van der Waals surface area contributed by atoms with Gasteiger partial charge in [0, 0.05) is 22.7 Å². The second-order valence-corrected chi connectivity index (χ2v) is 6.02. The topological polar surface area (TPSA) is 58.2 Å². The minimum Gasteiger partial charge on any atom is -0.349 e. The average molecular weight is 300 g/mol. The average Bonchev–Trinajstić information content (AvgIpc) is 3.10. The summed E-state index contributed by atoms with van der Waals surface area (Å²) in [5.41, 5.74) is 2.82. The predicted octanol–water partition coefficient (Wildman–Crippen LogP) is 3.20. The molecule has 2 aromatic rings. The van der Waals surface area contributed by atoms with E-state index in [4.69, 9.17) is 0 Å². The molecule has 0 atom stereocenters. The fourth-order valence-corrected chi connectivity index (χ4v) is 2.62. The second kappa shape index (κ2) is 5.69. The van der Waals surface area contributed by atoms with E-state index in [-0.39, 0.29) is 11.8 Å². The summed E-state index contributed by atoms with van der Waals surface area (Å²) in [4.78, 5) is 24.1. The van der Waals surface area contributed by atoms with Gasteiger partial charge < -0.3 is 10.6 Å². The molecule has 1 aliphatic carbocycles. The quantitative estimate of drug-likeness (QED) is 0.911. The summed E-state index contributed by atoms with van der Waals surface area (Å²) in [7, 11) is 0. The third-order valence-corrected chi connectivity index (χ3v) is 4.13. The minimum absolute atomic E-state index is 0.0801. The molecule has 1 aromatic carbocycles. The lowest BCUT2D eigenvalue weighted by Gasteiger charge is -2.10. The molecule has 4 nitrogen and oxygen atoms in total. The Morgan fingerprint density at radius 3 is 2.62 bits per heavy atom. The normalized spacial score (nSPS) is 13.8. The summed E-state index contributed by atoms with van der Waals surface area (Å²) in [5, 5.41) is 9.47. The summed E-state index contributed by atoms with van der Waals surface area (Å²) < 4.78 is 0. The van der Waals surface area contributed by atoms with E-state index in [0.717, 1.165) is 18.4 Å².